The number of nitrogens with zero attached hydrogens (tertiary/aromatic N) is 1. The van der Waals surface area contributed by atoms with Gasteiger partial charge in [-0.3, -0.25) is 4.79 Å². The van der Waals surface area contributed by atoms with Gasteiger partial charge in [-0.15, -0.1) is 0 Å². The first-order valence-electron chi connectivity index (χ1n) is 7.92. The summed E-state index contributed by atoms with van der Waals surface area (Å²) in [5, 5.41) is 0.691. The van der Waals surface area contributed by atoms with Gasteiger partial charge < -0.3 is 9.64 Å². The second-order valence-corrected chi connectivity index (χ2v) is 6.11. The molecule has 0 saturated carbocycles. The highest BCUT2D eigenvalue weighted by molar-refractivity contribution is 6.31. The van der Waals surface area contributed by atoms with E-state index in [4.69, 9.17) is 16.3 Å². The second kappa shape index (κ2) is 7.62. The number of ether oxygens (including phenoxy) is 1. The fourth-order valence-electron chi connectivity index (χ4n) is 2.85. The van der Waals surface area contributed by atoms with Gasteiger partial charge in [0, 0.05) is 23.6 Å². The number of carbonyl (C=O) groups is 1. The Morgan fingerprint density at radius 3 is 2.65 bits per heavy atom. The maximum absolute atomic E-state index is 12.5. The van der Waals surface area contributed by atoms with Gasteiger partial charge in [0.1, 0.15) is 6.10 Å². The van der Waals surface area contributed by atoms with E-state index in [-0.39, 0.29) is 12.0 Å². The van der Waals surface area contributed by atoms with Gasteiger partial charge in [0.2, 0.25) is 5.91 Å². The zero-order valence-electron chi connectivity index (χ0n) is 13.0. The Kier molecular flexibility index (Phi) is 5.31. The van der Waals surface area contributed by atoms with Crippen LogP contribution in [0.15, 0.2) is 54.6 Å². The Morgan fingerprint density at radius 1 is 1.13 bits per heavy atom. The minimum Gasteiger partial charge on any atom is -0.370 e. The largest absolute Gasteiger partial charge is 0.370 e. The van der Waals surface area contributed by atoms with E-state index < -0.39 is 0 Å². The van der Waals surface area contributed by atoms with Crippen molar-refractivity contribution >= 4 is 17.5 Å². The molecule has 1 amide bonds. The molecule has 1 atom stereocenters. The summed E-state index contributed by atoms with van der Waals surface area (Å²) in [5.74, 6) is 0.175. The molecule has 3 nitrogen and oxygen atoms in total. The van der Waals surface area contributed by atoms with Crippen molar-refractivity contribution in [2.75, 3.05) is 19.7 Å². The SMILES string of the molecule is O=C(CCc1ccccc1)N1CCOC(c2ccccc2Cl)C1. The molecule has 3 rings (SSSR count). The highest BCUT2D eigenvalue weighted by atomic mass is 35.5. The molecule has 2 aromatic carbocycles. The lowest BCUT2D eigenvalue weighted by Crippen LogP contribution is -2.42. The third kappa shape index (κ3) is 4.12. The molecule has 4 heteroatoms. The topological polar surface area (TPSA) is 29.5 Å². The Morgan fingerprint density at radius 2 is 1.87 bits per heavy atom. The molecule has 1 aliphatic heterocycles. The van der Waals surface area contributed by atoms with E-state index in [2.05, 4.69) is 12.1 Å². The highest BCUT2D eigenvalue weighted by Crippen LogP contribution is 2.28. The summed E-state index contributed by atoms with van der Waals surface area (Å²) in [7, 11) is 0. The van der Waals surface area contributed by atoms with Crippen molar-refractivity contribution in [2.45, 2.75) is 18.9 Å². The van der Waals surface area contributed by atoms with Crippen LogP contribution in [0, 0.1) is 0 Å². The fourth-order valence-corrected chi connectivity index (χ4v) is 3.11. The van der Waals surface area contributed by atoms with E-state index in [9.17, 15) is 4.79 Å². The standard InChI is InChI=1S/C19H20ClNO2/c20-17-9-5-4-8-16(17)18-14-21(12-13-23-18)19(22)11-10-15-6-2-1-3-7-15/h1-9,18H,10-14H2. The van der Waals surface area contributed by atoms with Crippen LogP contribution in [0.2, 0.25) is 5.02 Å². The third-order valence-electron chi connectivity index (χ3n) is 4.14. The van der Waals surface area contributed by atoms with Crippen molar-refractivity contribution in [3.63, 3.8) is 0 Å². The summed E-state index contributed by atoms with van der Waals surface area (Å²) in [5.41, 5.74) is 2.14. The number of morpholine rings is 1. The average Bonchev–Trinajstić information content (AvgIpc) is 2.61. The van der Waals surface area contributed by atoms with Gasteiger partial charge in [-0.1, -0.05) is 60.1 Å². The number of benzene rings is 2. The van der Waals surface area contributed by atoms with Crippen LogP contribution >= 0.6 is 11.6 Å². The lowest BCUT2D eigenvalue weighted by molar-refractivity contribution is -0.139. The molecule has 1 unspecified atom stereocenters. The predicted octanol–water partition coefficient (Wildman–Crippen LogP) is 3.87. The minimum atomic E-state index is -0.141. The number of amides is 1. The quantitative estimate of drug-likeness (QED) is 0.852. The molecule has 1 aliphatic rings. The summed E-state index contributed by atoms with van der Waals surface area (Å²) in [6.07, 6.45) is 1.16. The van der Waals surface area contributed by atoms with E-state index in [1.54, 1.807) is 0 Å². The lowest BCUT2D eigenvalue weighted by atomic mass is 10.1. The Bertz CT molecular complexity index is 659. The van der Waals surface area contributed by atoms with Crippen LogP contribution in [0.4, 0.5) is 0 Å². The molecular formula is C19H20ClNO2. The zero-order chi connectivity index (χ0) is 16.1. The maximum atomic E-state index is 12.5. The molecule has 1 fully saturated rings. The van der Waals surface area contributed by atoms with Gasteiger partial charge in [-0.05, 0) is 18.1 Å². The normalized spacial score (nSPS) is 18.0. The van der Waals surface area contributed by atoms with Crippen molar-refractivity contribution in [3.8, 4) is 0 Å². The molecule has 0 bridgehead atoms. The van der Waals surface area contributed by atoms with Crippen molar-refractivity contribution in [2.24, 2.45) is 0 Å². The smallest absolute Gasteiger partial charge is 0.223 e. The molecule has 0 radical (unpaired) electrons. The van der Waals surface area contributed by atoms with Crippen LogP contribution < -0.4 is 0 Å². The van der Waals surface area contributed by atoms with Gasteiger partial charge in [0.25, 0.3) is 0 Å². The van der Waals surface area contributed by atoms with Gasteiger partial charge in [-0.25, -0.2) is 0 Å². The molecule has 0 aliphatic carbocycles. The predicted molar refractivity (Wildman–Crippen MR) is 91.5 cm³/mol. The van der Waals surface area contributed by atoms with E-state index >= 15 is 0 Å². The first kappa shape index (κ1) is 16.0. The fraction of sp³-hybridized carbons (Fsp3) is 0.316. The number of hydrogen-bond donors (Lipinski definition) is 0. The van der Waals surface area contributed by atoms with Crippen molar-refractivity contribution in [1.29, 1.82) is 0 Å². The number of aryl methyl sites for hydroxylation is 1. The zero-order valence-corrected chi connectivity index (χ0v) is 13.7. The van der Waals surface area contributed by atoms with Crippen LogP contribution in [0.3, 0.4) is 0 Å². The molecule has 0 spiro atoms. The van der Waals surface area contributed by atoms with Gasteiger partial charge >= 0.3 is 0 Å². The van der Waals surface area contributed by atoms with Crippen LogP contribution in [0.25, 0.3) is 0 Å². The molecule has 23 heavy (non-hydrogen) atoms. The molecule has 0 aromatic heterocycles. The second-order valence-electron chi connectivity index (χ2n) is 5.71. The van der Waals surface area contributed by atoms with Crippen LogP contribution in [-0.4, -0.2) is 30.5 Å². The van der Waals surface area contributed by atoms with Gasteiger partial charge in [0.05, 0.1) is 13.2 Å². The third-order valence-corrected chi connectivity index (χ3v) is 4.49. The van der Waals surface area contributed by atoms with Crippen molar-refractivity contribution in [3.05, 3.63) is 70.7 Å². The lowest BCUT2D eigenvalue weighted by Gasteiger charge is -2.33. The van der Waals surface area contributed by atoms with E-state index in [0.717, 1.165) is 12.0 Å². The van der Waals surface area contributed by atoms with Crippen LogP contribution in [0.5, 0.6) is 0 Å². The molecule has 1 heterocycles. The summed E-state index contributed by atoms with van der Waals surface area (Å²) >= 11 is 6.24. The van der Waals surface area contributed by atoms with E-state index in [0.29, 0.717) is 31.1 Å². The molecule has 2 aromatic rings. The Hall–Kier alpha value is -1.84. The highest BCUT2D eigenvalue weighted by Gasteiger charge is 2.26. The first-order valence-corrected chi connectivity index (χ1v) is 8.29. The average molecular weight is 330 g/mol. The van der Waals surface area contributed by atoms with Gasteiger partial charge in [0.15, 0.2) is 0 Å². The molecule has 1 saturated heterocycles. The molecular weight excluding hydrogens is 310 g/mol. The number of carbonyl (C=O) groups excluding carboxylic acids is 1. The van der Waals surface area contributed by atoms with Crippen molar-refractivity contribution in [1.82, 2.24) is 4.90 Å². The van der Waals surface area contributed by atoms with E-state index in [1.165, 1.54) is 5.56 Å². The summed E-state index contributed by atoms with van der Waals surface area (Å²) in [6.45, 7) is 1.76. The summed E-state index contributed by atoms with van der Waals surface area (Å²) < 4.78 is 5.81. The summed E-state index contributed by atoms with van der Waals surface area (Å²) in [4.78, 5) is 14.4. The van der Waals surface area contributed by atoms with Crippen LogP contribution in [0.1, 0.15) is 23.7 Å². The van der Waals surface area contributed by atoms with Gasteiger partial charge in [-0.2, -0.15) is 0 Å². The first-order chi connectivity index (χ1) is 11.2. The number of halogens is 1. The maximum Gasteiger partial charge on any atom is 0.223 e. The number of rotatable bonds is 4. The van der Waals surface area contributed by atoms with Crippen LogP contribution in [-0.2, 0) is 16.0 Å². The summed E-state index contributed by atoms with van der Waals surface area (Å²) in [6, 6.07) is 17.8. The monoisotopic (exact) mass is 329 g/mol. The van der Waals surface area contributed by atoms with E-state index in [1.807, 2.05) is 47.4 Å². The van der Waals surface area contributed by atoms with Crippen molar-refractivity contribution < 1.29 is 9.53 Å². The molecule has 0 N–H and O–H groups in total. The Balaban J connectivity index is 1.60. The Labute approximate surface area is 141 Å². The minimum absolute atomic E-state index is 0.141. The number of hydrogen-bond acceptors (Lipinski definition) is 2. The molecule has 120 valence electrons.